The summed E-state index contributed by atoms with van der Waals surface area (Å²) in [6.07, 6.45) is 0. The number of anilines is 2. The zero-order valence-corrected chi connectivity index (χ0v) is 19.6. The number of methoxy groups -OCH3 is 1. The molecule has 0 saturated heterocycles. The molecule has 4 aromatic rings. The molecule has 5 rings (SSSR count). The van der Waals surface area contributed by atoms with Crippen LogP contribution in [0.25, 0.3) is 10.7 Å². The lowest BCUT2D eigenvalue weighted by Crippen LogP contribution is -2.31. The van der Waals surface area contributed by atoms with Crippen LogP contribution in [0, 0.1) is 10.1 Å². The third kappa shape index (κ3) is 4.13. The molecule has 2 N–H and O–H groups in total. The number of amides is 1. The topological polar surface area (TPSA) is 124 Å². The third-order valence-electron chi connectivity index (χ3n) is 5.59. The van der Waals surface area contributed by atoms with E-state index in [4.69, 9.17) is 4.74 Å². The van der Waals surface area contributed by atoms with Gasteiger partial charge >= 0.3 is 0 Å². The van der Waals surface area contributed by atoms with Crippen LogP contribution in [0.3, 0.4) is 0 Å². The average Bonchev–Trinajstić information content (AvgIpc) is 3.53. The largest absolute Gasteiger partial charge is 0.495 e. The van der Waals surface area contributed by atoms with Gasteiger partial charge < -0.3 is 15.4 Å². The predicted molar refractivity (Wildman–Crippen MR) is 133 cm³/mol. The van der Waals surface area contributed by atoms with E-state index in [9.17, 15) is 14.9 Å². The number of benzene rings is 2. The van der Waals surface area contributed by atoms with E-state index < -0.39 is 16.9 Å². The Labute approximate surface area is 204 Å². The summed E-state index contributed by atoms with van der Waals surface area (Å²) in [5.41, 5.74) is 1.87. The lowest BCUT2D eigenvalue weighted by Gasteiger charge is -2.28. The summed E-state index contributed by atoms with van der Waals surface area (Å²) in [6, 6.07) is 16.3. The number of allylic oxidation sites excluding steroid dienone is 1. The molecule has 1 amide bonds. The van der Waals surface area contributed by atoms with E-state index >= 15 is 0 Å². The van der Waals surface area contributed by atoms with E-state index in [1.165, 1.54) is 30.6 Å². The average molecular weight is 489 g/mol. The molecule has 0 aliphatic carbocycles. The predicted octanol–water partition coefficient (Wildman–Crippen LogP) is 4.85. The number of nitrogens with one attached hydrogen (secondary N) is 2. The Kier molecular flexibility index (Phi) is 5.75. The van der Waals surface area contributed by atoms with Crippen molar-refractivity contribution in [3.63, 3.8) is 0 Å². The maximum absolute atomic E-state index is 13.6. The number of hydrogen-bond donors (Lipinski definition) is 2. The number of para-hydroxylation sites is 2. The quantitative estimate of drug-likeness (QED) is 0.294. The zero-order chi connectivity index (χ0) is 24.5. The maximum Gasteiger partial charge on any atom is 0.269 e. The molecule has 1 atom stereocenters. The van der Waals surface area contributed by atoms with E-state index in [1.54, 1.807) is 48.0 Å². The number of hydrogen-bond acceptors (Lipinski definition) is 8. The molecule has 0 spiro atoms. The maximum atomic E-state index is 13.6. The van der Waals surface area contributed by atoms with E-state index in [-0.39, 0.29) is 5.69 Å². The molecule has 11 heteroatoms. The number of ether oxygens (including phenoxy) is 1. The van der Waals surface area contributed by atoms with Crippen LogP contribution >= 0.6 is 11.3 Å². The number of carbonyl (C=O) groups is 1. The minimum absolute atomic E-state index is 0.0803. The van der Waals surface area contributed by atoms with Crippen molar-refractivity contribution in [2.75, 3.05) is 17.7 Å². The Hall–Kier alpha value is -4.51. The fraction of sp³-hybridized carbons (Fsp3) is 0.125. The smallest absolute Gasteiger partial charge is 0.269 e. The molecular formula is C24H20N6O4S. The van der Waals surface area contributed by atoms with Gasteiger partial charge in [-0.25, -0.2) is 4.68 Å². The van der Waals surface area contributed by atoms with Crippen molar-refractivity contribution in [3.8, 4) is 16.5 Å². The van der Waals surface area contributed by atoms with Gasteiger partial charge in [0, 0.05) is 17.8 Å². The van der Waals surface area contributed by atoms with Crippen LogP contribution in [0.4, 0.5) is 17.3 Å². The number of rotatable bonds is 6. The zero-order valence-electron chi connectivity index (χ0n) is 18.8. The Morgan fingerprint density at radius 1 is 1.20 bits per heavy atom. The summed E-state index contributed by atoms with van der Waals surface area (Å²) >= 11 is 1.49. The van der Waals surface area contributed by atoms with Crippen molar-refractivity contribution in [3.05, 3.63) is 93.0 Å². The molecule has 0 fully saturated rings. The molecule has 3 heterocycles. The standard InChI is InChI=1S/C24H20N6O4S/c1-14-20(23(31)26-17-9-3-4-10-18(17)34-2)21(15-7-5-8-16(13-15)30(32)33)29-24(25-14)27-22(28-29)19-11-6-12-35-19/h3-13,21H,1-2H3,(H,26,31)(H,25,27,28). The first-order valence-corrected chi connectivity index (χ1v) is 11.5. The number of thiophene rings is 1. The number of non-ortho nitro benzene ring substituents is 1. The second kappa shape index (κ2) is 9.03. The van der Waals surface area contributed by atoms with Gasteiger partial charge in [-0.2, -0.15) is 4.98 Å². The van der Waals surface area contributed by atoms with Crippen molar-refractivity contribution in [2.45, 2.75) is 13.0 Å². The molecule has 2 aromatic carbocycles. The lowest BCUT2D eigenvalue weighted by atomic mass is 9.94. The van der Waals surface area contributed by atoms with Gasteiger partial charge in [-0.1, -0.05) is 30.3 Å². The summed E-state index contributed by atoms with van der Waals surface area (Å²) in [5.74, 6) is 1.05. The molecule has 35 heavy (non-hydrogen) atoms. The SMILES string of the molecule is COc1ccccc1NC(=O)C1=C(C)Nc2nc(-c3cccs3)nn2C1c1cccc([N+](=O)[O-])c1. The van der Waals surface area contributed by atoms with E-state index in [0.29, 0.717) is 40.0 Å². The summed E-state index contributed by atoms with van der Waals surface area (Å²) in [5, 5.41) is 24.2. The van der Waals surface area contributed by atoms with Crippen LogP contribution in [0.2, 0.25) is 0 Å². The van der Waals surface area contributed by atoms with Crippen molar-refractivity contribution in [1.82, 2.24) is 14.8 Å². The summed E-state index contributed by atoms with van der Waals surface area (Å²) < 4.78 is 6.96. The van der Waals surface area contributed by atoms with E-state index in [1.807, 2.05) is 17.5 Å². The first-order valence-electron chi connectivity index (χ1n) is 10.6. The molecule has 1 aliphatic heterocycles. The highest BCUT2D eigenvalue weighted by Gasteiger charge is 2.35. The highest BCUT2D eigenvalue weighted by Crippen LogP contribution is 2.38. The Bertz CT molecular complexity index is 1460. The highest BCUT2D eigenvalue weighted by atomic mass is 32.1. The van der Waals surface area contributed by atoms with Gasteiger partial charge in [-0.05, 0) is 36.1 Å². The van der Waals surface area contributed by atoms with Crippen LogP contribution < -0.4 is 15.4 Å². The summed E-state index contributed by atoms with van der Waals surface area (Å²) in [6.45, 7) is 1.77. The summed E-state index contributed by atoms with van der Waals surface area (Å²) in [4.78, 5) is 30.1. The van der Waals surface area contributed by atoms with Gasteiger partial charge in [0.2, 0.25) is 5.95 Å². The van der Waals surface area contributed by atoms with Crippen molar-refractivity contribution >= 4 is 34.6 Å². The van der Waals surface area contributed by atoms with Gasteiger partial charge in [0.1, 0.15) is 11.8 Å². The minimum Gasteiger partial charge on any atom is -0.495 e. The molecule has 0 saturated carbocycles. The van der Waals surface area contributed by atoms with Crippen LogP contribution in [0.1, 0.15) is 18.5 Å². The number of nitro groups is 1. The van der Waals surface area contributed by atoms with Crippen molar-refractivity contribution in [1.29, 1.82) is 0 Å². The molecular weight excluding hydrogens is 468 g/mol. The van der Waals surface area contributed by atoms with Gasteiger partial charge in [-0.15, -0.1) is 16.4 Å². The van der Waals surface area contributed by atoms with Gasteiger partial charge in [-0.3, -0.25) is 14.9 Å². The molecule has 10 nitrogen and oxygen atoms in total. The fourth-order valence-electron chi connectivity index (χ4n) is 4.01. The highest BCUT2D eigenvalue weighted by molar-refractivity contribution is 7.13. The molecule has 1 aliphatic rings. The third-order valence-corrected chi connectivity index (χ3v) is 6.46. The van der Waals surface area contributed by atoms with Crippen LogP contribution in [0.15, 0.2) is 77.3 Å². The normalized spacial score (nSPS) is 14.7. The second-order valence-corrected chi connectivity index (χ2v) is 8.70. The van der Waals surface area contributed by atoms with Crippen molar-refractivity contribution in [2.24, 2.45) is 0 Å². The van der Waals surface area contributed by atoms with Gasteiger partial charge in [0.05, 0.1) is 28.2 Å². The monoisotopic (exact) mass is 488 g/mol. The first-order chi connectivity index (χ1) is 17.0. The van der Waals surface area contributed by atoms with Crippen LogP contribution in [0.5, 0.6) is 5.75 Å². The summed E-state index contributed by atoms with van der Waals surface area (Å²) in [7, 11) is 1.53. The van der Waals surface area contributed by atoms with Gasteiger partial charge in [0.25, 0.3) is 11.6 Å². The van der Waals surface area contributed by atoms with Crippen LogP contribution in [-0.2, 0) is 4.79 Å². The molecule has 176 valence electrons. The Balaban J connectivity index is 1.63. The molecule has 1 unspecified atom stereocenters. The van der Waals surface area contributed by atoms with Crippen molar-refractivity contribution < 1.29 is 14.5 Å². The number of aromatic nitrogens is 3. The minimum atomic E-state index is -0.748. The molecule has 0 radical (unpaired) electrons. The van der Waals surface area contributed by atoms with E-state index in [2.05, 4.69) is 20.7 Å². The number of fused-ring (bicyclic) bond motifs is 1. The lowest BCUT2D eigenvalue weighted by molar-refractivity contribution is -0.384. The second-order valence-electron chi connectivity index (χ2n) is 7.75. The Morgan fingerprint density at radius 2 is 2.03 bits per heavy atom. The van der Waals surface area contributed by atoms with Gasteiger partial charge in [0.15, 0.2) is 5.82 Å². The molecule has 0 bridgehead atoms. The first kappa shape index (κ1) is 22.3. The Morgan fingerprint density at radius 3 is 2.77 bits per heavy atom. The van der Waals surface area contributed by atoms with Crippen LogP contribution in [-0.4, -0.2) is 32.7 Å². The number of carbonyl (C=O) groups excluding carboxylic acids is 1. The molecule has 2 aromatic heterocycles. The number of nitrogens with zero attached hydrogens (tertiary/aromatic N) is 4. The van der Waals surface area contributed by atoms with E-state index in [0.717, 1.165) is 4.88 Å². The number of nitro benzene ring substituents is 1. The fourth-order valence-corrected chi connectivity index (χ4v) is 4.66.